The molecule has 0 unspecified atom stereocenters. The zero-order valence-corrected chi connectivity index (χ0v) is 14.0. The van der Waals surface area contributed by atoms with Crippen LogP contribution in [0.5, 0.6) is 5.75 Å². The Morgan fingerprint density at radius 2 is 1.83 bits per heavy atom. The molecule has 0 heterocycles. The summed E-state index contributed by atoms with van der Waals surface area (Å²) in [6.07, 6.45) is 4.29. The third-order valence-corrected chi connectivity index (χ3v) is 3.24. The van der Waals surface area contributed by atoms with Gasteiger partial charge in [-0.05, 0) is 31.4 Å². The fourth-order valence-electron chi connectivity index (χ4n) is 2.05. The van der Waals surface area contributed by atoms with Gasteiger partial charge in [0.2, 0.25) is 0 Å². The zero-order valence-electron chi connectivity index (χ0n) is 14.0. The molecule has 5 nitrogen and oxygen atoms in total. The lowest BCUT2D eigenvalue weighted by Crippen LogP contribution is -2.05. The molecule has 23 heavy (non-hydrogen) atoms. The molecule has 0 atom stereocenters. The van der Waals surface area contributed by atoms with Crippen molar-refractivity contribution in [2.75, 3.05) is 27.4 Å². The average Bonchev–Trinajstić information content (AvgIpc) is 2.58. The summed E-state index contributed by atoms with van der Waals surface area (Å²) in [5.41, 5.74) is 0.945. The minimum atomic E-state index is -0.357. The maximum Gasteiger partial charge on any atom is 0.306 e. The molecule has 1 aromatic carbocycles. The molecule has 0 bridgehead atoms. The van der Waals surface area contributed by atoms with E-state index in [9.17, 15) is 4.79 Å². The Balaban J connectivity index is 2.16. The molecule has 0 saturated heterocycles. The van der Waals surface area contributed by atoms with Crippen molar-refractivity contribution >= 4 is 5.97 Å². The molecule has 0 aliphatic heterocycles. The number of methoxy groups -OCH3 is 2. The Morgan fingerprint density at radius 3 is 2.43 bits per heavy atom. The van der Waals surface area contributed by atoms with Crippen molar-refractivity contribution in [3.8, 4) is 5.75 Å². The highest BCUT2D eigenvalue weighted by atomic mass is 16.7. The molecule has 0 saturated carbocycles. The summed E-state index contributed by atoms with van der Waals surface area (Å²) >= 11 is 0. The molecule has 0 amide bonds. The zero-order chi connectivity index (χ0) is 16.9. The molecule has 1 aromatic rings. The molecule has 128 valence electrons. The van der Waals surface area contributed by atoms with Gasteiger partial charge in [0.15, 0.2) is 6.29 Å². The smallest absolute Gasteiger partial charge is 0.306 e. The van der Waals surface area contributed by atoms with Crippen LogP contribution in [0, 0.1) is 0 Å². The van der Waals surface area contributed by atoms with Gasteiger partial charge in [0.1, 0.15) is 12.4 Å². The summed E-state index contributed by atoms with van der Waals surface area (Å²) in [6, 6.07) is 7.63. The van der Waals surface area contributed by atoms with Crippen LogP contribution in [0.4, 0.5) is 0 Å². The van der Waals surface area contributed by atoms with Crippen LogP contribution in [0.1, 0.15) is 37.5 Å². The molecule has 0 fully saturated rings. The molecule has 0 aliphatic carbocycles. The van der Waals surface area contributed by atoms with Crippen molar-refractivity contribution in [2.45, 2.75) is 32.0 Å². The fourth-order valence-corrected chi connectivity index (χ4v) is 2.05. The number of hydrogen-bond acceptors (Lipinski definition) is 5. The predicted molar refractivity (Wildman–Crippen MR) is 88.3 cm³/mol. The summed E-state index contributed by atoms with van der Waals surface area (Å²) in [5, 5.41) is 0. The number of ether oxygens (including phenoxy) is 4. The second-order valence-electron chi connectivity index (χ2n) is 5.00. The molecule has 0 N–H and O–H groups in total. The number of hydrogen-bond donors (Lipinski definition) is 0. The Morgan fingerprint density at radius 1 is 1.13 bits per heavy atom. The van der Waals surface area contributed by atoms with Crippen LogP contribution in [0.3, 0.4) is 0 Å². The highest BCUT2D eigenvalue weighted by molar-refractivity contribution is 5.69. The summed E-state index contributed by atoms with van der Waals surface area (Å²) < 4.78 is 21.0. The quantitative estimate of drug-likeness (QED) is 0.254. The largest absolute Gasteiger partial charge is 0.494 e. The first-order valence-corrected chi connectivity index (χ1v) is 7.76. The maximum absolute atomic E-state index is 11.3. The van der Waals surface area contributed by atoms with Gasteiger partial charge in [-0.2, -0.15) is 0 Å². The van der Waals surface area contributed by atoms with Crippen LogP contribution in [-0.2, 0) is 19.0 Å². The first-order valence-electron chi connectivity index (χ1n) is 7.76. The van der Waals surface area contributed by atoms with Crippen LogP contribution in [0.25, 0.3) is 0 Å². The van der Waals surface area contributed by atoms with Crippen molar-refractivity contribution in [1.29, 1.82) is 0 Å². The fraction of sp³-hybridized carbons (Fsp3) is 0.500. The summed E-state index contributed by atoms with van der Waals surface area (Å²) in [6.45, 7) is 4.41. The summed E-state index contributed by atoms with van der Waals surface area (Å²) in [5.74, 6) is 0.636. The van der Waals surface area contributed by atoms with Gasteiger partial charge in [-0.3, -0.25) is 4.79 Å². The number of esters is 1. The SMILES string of the molecule is C=CCOC(=O)CCCCCOc1ccc(C(OC)OC)cc1. The van der Waals surface area contributed by atoms with Crippen LogP contribution in [0.2, 0.25) is 0 Å². The molecular weight excluding hydrogens is 296 g/mol. The third kappa shape index (κ3) is 7.81. The molecule has 1 rings (SSSR count). The monoisotopic (exact) mass is 322 g/mol. The van der Waals surface area contributed by atoms with Crippen molar-refractivity contribution in [3.63, 3.8) is 0 Å². The molecule has 0 radical (unpaired) electrons. The van der Waals surface area contributed by atoms with Gasteiger partial charge >= 0.3 is 5.97 Å². The lowest BCUT2D eigenvalue weighted by Gasteiger charge is -2.14. The highest BCUT2D eigenvalue weighted by Gasteiger charge is 2.08. The number of unbranched alkanes of at least 4 members (excludes halogenated alkanes) is 2. The summed E-state index contributed by atoms with van der Waals surface area (Å²) in [4.78, 5) is 11.3. The highest BCUT2D eigenvalue weighted by Crippen LogP contribution is 2.20. The van der Waals surface area contributed by atoms with E-state index >= 15 is 0 Å². The van der Waals surface area contributed by atoms with E-state index in [0.717, 1.165) is 30.6 Å². The first kappa shape index (κ1) is 19.2. The van der Waals surface area contributed by atoms with E-state index in [1.54, 1.807) is 20.3 Å². The van der Waals surface area contributed by atoms with Gasteiger partial charge in [0.05, 0.1) is 6.61 Å². The number of carbonyl (C=O) groups is 1. The van der Waals surface area contributed by atoms with E-state index in [1.165, 1.54) is 0 Å². The van der Waals surface area contributed by atoms with Gasteiger partial charge < -0.3 is 18.9 Å². The van der Waals surface area contributed by atoms with E-state index < -0.39 is 0 Å². The number of rotatable bonds is 12. The lowest BCUT2D eigenvalue weighted by molar-refractivity contribution is -0.142. The molecular formula is C18H26O5. The van der Waals surface area contributed by atoms with Crippen LogP contribution >= 0.6 is 0 Å². The van der Waals surface area contributed by atoms with Gasteiger partial charge in [-0.1, -0.05) is 24.8 Å². The second kappa shape index (κ2) is 11.7. The Labute approximate surface area is 138 Å². The predicted octanol–water partition coefficient (Wildman–Crippen LogP) is 3.65. The van der Waals surface area contributed by atoms with Crippen molar-refractivity contribution < 1.29 is 23.7 Å². The standard InChI is InChI=1S/C18H26O5/c1-4-13-23-17(19)8-6-5-7-14-22-16-11-9-15(10-12-16)18(20-2)21-3/h4,9-12,18H,1,5-8,13-14H2,2-3H3. The van der Waals surface area contributed by atoms with Crippen LogP contribution in [-0.4, -0.2) is 33.4 Å². The molecule has 0 spiro atoms. The maximum atomic E-state index is 11.3. The van der Waals surface area contributed by atoms with Gasteiger partial charge in [-0.25, -0.2) is 0 Å². The van der Waals surface area contributed by atoms with E-state index in [0.29, 0.717) is 13.0 Å². The molecule has 5 heteroatoms. The topological polar surface area (TPSA) is 54.0 Å². The lowest BCUT2D eigenvalue weighted by atomic mass is 10.2. The minimum absolute atomic E-state index is 0.174. The van der Waals surface area contributed by atoms with E-state index in [-0.39, 0.29) is 18.9 Å². The van der Waals surface area contributed by atoms with Crippen molar-refractivity contribution in [3.05, 3.63) is 42.5 Å². The normalized spacial score (nSPS) is 10.6. The van der Waals surface area contributed by atoms with Crippen molar-refractivity contribution in [1.82, 2.24) is 0 Å². The van der Waals surface area contributed by atoms with Gasteiger partial charge in [0, 0.05) is 26.2 Å². The van der Waals surface area contributed by atoms with Crippen molar-refractivity contribution in [2.24, 2.45) is 0 Å². The minimum Gasteiger partial charge on any atom is -0.494 e. The molecule has 0 aliphatic rings. The van der Waals surface area contributed by atoms with E-state index in [4.69, 9.17) is 18.9 Å². The van der Waals surface area contributed by atoms with Gasteiger partial charge in [-0.15, -0.1) is 0 Å². The average molecular weight is 322 g/mol. The summed E-state index contributed by atoms with van der Waals surface area (Å²) in [7, 11) is 3.21. The van der Waals surface area contributed by atoms with E-state index in [1.807, 2.05) is 24.3 Å². The Hall–Kier alpha value is -1.85. The second-order valence-corrected chi connectivity index (χ2v) is 5.00. The van der Waals surface area contributed by atoms with E-state index in [2.05, 4.69) is 6.58 Å². The number of carbonyl (C=O) groups excluding carboxylic acids is 1. The Kier molecular flexibility index (Phi) is 9.75. The van der Waals surface area contributed by atoms with Gasteiger partial charge in [0.25, 0.3) is 0 Å². The van der Waals surface area contributed by atoms with Crippen LogP contribution in [0.15, 0.2) is 36.9 Å². The number of benzene rings is 1. The third-order valence-electron chi connectivity index (χ3n) is 3.24. The molecule has 0 aromatic heterocycles. The first-order chi connectivity index (χ1) is 11.2. The Bertz CT molecular complexity index is 451. The van der Waals surface area contributed by atoms with Crippen LogP contribution < -0.4 is 4.74 Å².